The normalized spacial score (nSPS) is 12.0. The summed E-state index contributed by atoms with van der Waals surface area (Å²) in [5, 5.41) is 2.19. The van der Waals surface area contributed by atoms with Gasteiger partial charge in [0.25, 0.3) is 0 Å². The summed E-state index contributed by atoms with van der Waals surface area (Å²) in [4.78, 5) is 4.78. The van der Waals surface area contributed by atoms with E-state index in [-0.39, 0.29) is 11.4 Å². The van der Waals surface area contributed by atoms with Crippen molar-refractivity contribution in [1.82, 2.24) is 9.71 Å². The van der Waals surface area contributed by atoms with E-state index in [1.54, 1.807) is 12.1 Å². The number of sulfonamides is 1. The van der Waals surface area contributed by atoms with E-state index >= 15 is 0 Å². The highest BCUT2D eigenvalue weighted by molar-refractivity contribution is 7.89. The Labute approximate surface area is 177 Å². The second-order valence-corrected chi connectivity index (χ2v) is 9.29. The van der Waals surface area contributed by atoms with Crippen molar-refractivity contribution in [3.63, 3.8) is 0 Å². The molecule has 6 heteroatoms. The van der Waals surface area contributed by atoms with Crippen molar-refractivity contribution in [3.8, 4) is 0 Å². The Bertz CT molecular complexity index is 1190. The van der Waals surface area contributed by atoms with Crippen LogP contribution in [0.1, 0.15) is 37.6 Å². The van der Waals surface area contributed by atoms with E-state index in [0.29, 0.717) is 17.9 Å². The Hall–Kier alpha value is -2.70. The van der Waals surface area contributed by atoms with E-state index in [1.807, 2.05) is 48.5 Å². The fourth-order valence-electron chi connectivity index (χ4n) is 3.56. The van der Waals surface area contributed by atoms with E-state index < -0.39 is 10.0 Å². The molecule has 0 saturated carbocycles. The molecule has 0 spiro atoms. The smallest absolute Gasteiger partial charge is 0.240 e. The minimum atomic E-state index is -3.55. The lowest BCUT2D eigenvalue weighted by molar-refractivity contribution is 0.523. The molecule has 0 saturated heterocycles. The molecular weight excluding hydrogens is 396 g/mol. The molecule has 0 fully saturated rings. The third kappa shape index (κ3) is 4.71. The quantitative estimate of drug-likeness (QED) is 0.375. The molecule has 1 N–H and O–H groups in total. The van der Waals surface area contributed by atoms with Crippen LogP contribution in [0.2, 0.25) is 0 Å². The topological polar surface area (TPSA) is 72.2 Å². The monoisotopic (exact) mass is 422 g/mol. The molecule has 4 rings (SSSR count). The highest BCUT2D eigenvalue weighted by Crippen LogP contribution is 2.23. The zero-order valence-corrected chi connectivity index (χ0v) is 17.9. The Morgan fingerprint density at radius 2 is 1.67 bits per heavy atom. The number of aryl methyl sites for hydroxylation is 1. The summed E-state index contributed by atoms with van der Waals surface area (Å²) in [5.41, 5.74) is 2.66. The lowest BCUT2D eigenvalue weighted by Crippen LogP contribution is -2.26. The first-order valence-electron chi connectivity index (χ1n) is 10.4. The van der Waals surface area contributed by atoms with Crippen LogP contribution in [0.3, 0.4) is 0 Å². The van der Waals surface area contributed by atoms with Crippen LogP contribution in [0, 0.1) is 0 Å². The van der Waals surface area contributed by atoms with Crippen LogP contribution in [-0.4, -0.2) is 19.9 Å². The molecule has 0 amide bonds. The van der Waals surface area contributed by atoms with Crippen molar-refractivity contribution in [2.75, 3.05) is 6.54 Å². The highest BCUT2D eigenvalue weighted by atomic mass is 32.2. The molecule has 0 aliphatic carbocycles. The van der Waals surface area contributed by atoms with Gasteiger partial charge < -0.3 is 4.42 Å². The molecule has 30 heavy (non-hydrogen) atoms. The van der Waals surface area contributed by atoms with Crippen molar-refractivity contribution >= 4 is 31.9 Å². The molecule has 0 radical (unpaired) electrons. The van der Waals surface area contributed by atoms with Gasteiger partial charge in [-0.05, 0) is 53.4 Å². The van der Waals surface area contributed by atoms with Gasteiger partial charge in [-0.2, -0.15) is 0 Å². The third-order valence-electron chi connectivity index (χ3n) is 5.23. The zero-order chi connectivity index (χ0) is 21.0. The molecule has 0 unspecified atom stereocenters. The first-order chi connectivity index (χ1) is 14.5. The average Bonchev–Trinajstić information content (AvgIpc) is 3.14. The second-order valence-electron chi connectivity index (χ2n) is 7.52. The van der Waals surface area contributed by atoms with Gasteiger partial charge >= 0.3 is 0 Å². The van der Waals surface area contributed by atoms with Gasteiger partial charge in [-0.1, -0.05) is 56.2 Å². The fourth-order valence-corrected chi connectivity index (χ4v) is 4.59. The van der Waals surface area contributed by atoms with E-state index in [1.165, 1.54) is 18.4 Å². The summed E-state index contributed by atoms with van der Waals surface area (Å²) in [6, 6.07) is 19.1. The number of oxazole rings is 1. The van der Waals surface area contributed by atoms with Crippen LogP contribution >= 0.6 is 0 Å². The molecule has 5 nitrogen and oxygen atoms in total. The summed E-state index contributed by atoms with van der Waals surface area (Å²) >= 11 is 0. The van der Waals surface area contributed by atoms with Crippen LogP contribution in [0.25, 0.3) is 21.9 Å². The highest BCUT2D eigenvalue weighted by Gasteiger charge is 2.14. The lowest BCUT2D eigenvalue weighted by Gasteiger charge is -2.07. The number of hydrogen-bond acceptors (Lipinski definition) is 4. The van der Waals surface area contributed by atoms with Crippen molar-refractivity contribution < 1.29 is 12.8 Å². The van der Waals surface area contributed by atoms with Gasteiger partial charge in [0.15, 0.2) is 11.5 Å². The predicted octanol–water partition coefficient (Wildman–Crippen LogP) is 5.23. The second kappa shape index (κ2) is 8.98. The van der Waals surface area contributed by atoms with Crippen LogP contribution in [0.5, 0.6) is 0 Å². The molecule has 0 aliphatic heterocycles. The molecule has 1 aromatic heterocycles. The van der Waals surface area contributed by atoms with Crippen LogP contribution in [0.4, 0.5) is 0 Å². The summed E-state index contributed by atoms with van der Waals surface area (Å²) in [6.07, 6.45) is 4.86. The largest absolute Gasteiger partial charge is 0.441 e. The lowest BCUT2D eigenvalue weighted by atomic mass is 10.1. The molecular formula is C24H26N2O3S. The first-order valence-corrected chi connectivity index (χ1v) is 11.9. The zero-order valence-electron chi connectivity index (χ0n) is 17.1. The molecule has 0 atom stereocenters. The van der Waals surface area contributed by atoms with Gasteiger partial charge in [0.05, 0.1) is 4.90 Å². The van der Waals surface area contributed by atoms with Crippen molar-refractivity contribution in [2.24, 2.45) is 0 Å². The Morgan fingerprint density at radius 3 is 2.40 bits per heavy atom. The van der Waals surface area contributed by atoms with E-state index in [0.717, 1.165) is 29.1 Å². The summed E-state index contributed by atoms with van der Waals surface area (Å²) in [7, 11) is -3.55. The Balaban J connectivity index is 1.38. The Morgan fingerprint density at radius 1 is 0.933 bits per heavy atom. The standard InChI is InChI=1S/C24H26N2O3S/c1-2-3-4-7-18-10-12-21(13-11-18)30(27,28)25-15-14-24-26-22-16-19-8-5-6-9-20(19)17-23(22)29-24/h5-6,8-13,16-17,25H,2-4,7,14-15H2,1H3. The van der Waals surface area contributed by atoms with Crippen LogP contribution < -0.4 is 4.72 Å². The van der Waals surface area contributed by atoms with Gasteiger partial charge in [-0.15, -0.1) is 0 Å². The molecule has 4 aromatic rings. The maximum absolute atomic E-state index is 12.6. The van der Waals surface area contributed by atoms with Gasteiger partial charge in [-0.3, -0.25) is 0 Å². The van der Waals surface area contributed by atoms with Gasteiger partial charge in [-0.25, -0.2) is 18.1 Å². The number of unbranched alkanes of at least 4 members (excludes halogenated alkanes) is 2. The van der Waals surface area contributed by atoms with Crippen molar-refractivity contribution in [1.29, 1.82) is 0 Å². The number of fused-ring (bicyclic) bond motifs is 2. The number of nitrogens with zero attached hydrogens (tertiary/aromatic N) is 1. The van der Waals surface area contributed by atoms with Crippen LogP contribution in [0.15, 0.2) is 70.0 Å². The molecule has 1 heterocycles. The van der Waals surface area contributed by atoms with Crippen molar-refractivity contribution in [2.45, 2.75) is 43.9 Å². The van der Waals surface area contributed by atoms with Crippen molar-refractivity contribution in [3.05, 3.63) is 72.1 Å². The maximum Gasteiger partial charge on any atom is 0.240 e. The number of rotatable bonds is 9. The molecule has 156 valence electrons. The minimum Gasteiger partial charge on any atom is -0.441 e. The first kappa shape index (κ1) is 20.6. The summed E-state index contributed by atoms with van der Waals surface area (Å²) in [5.74, 6) is 0.522. The Kier molecular flexibility index (Phi) is 6.16. The van der Waals surface area contributed by atoms with Gasteiger partial charge in [0.1, 0.15) is 5.52 Å². The summed E-state index contributed by atoms with van der Waals surface area (Å²) in [6.45, 7) is 2.40. The van der Waals surface area contributed by atoms with Gasteiger partial charge in [0.2, 0.25) is 10.0 Å². The maximum atomic E-state index is 12.6. The van der Waals surface area contributed by atoms with E-state index in [2.05, 4.69) is 16.6 Å². The van der Waals surface area contributed by atoms with Gasteiger partial charge in [0, 0.05) is 13.0 Å². The van der Waals surface area contributed by atoms with E-state index in [9.17, 15) is 8.42 Å². The fraction of sp³-hybridized carbons (Fsp3) is 0.292. The third-order valence-corrected chi connectivity index (χ3v) is 6.71. The molecule has 3 aromatic carbocycles. The number of hydrogen-bond donors (Lipinski definition) is 1. The number of aromatic nitrogens is 1. The number of benzene rings is 3. The van der Waals surface area contributed by atoms with E-state index in [4.69, 9.17) is 4.42 Å². The average molecular weight is 423 g/mol. The number of nitrogens with one attached hydrogen (secondary N) is 1. The minimum absolute atomic E-state index is 0.229. The van der Waals surface area contributed by atoms with Crippen LogP contribution in [-0.2, 0) is 22.9 Å². The molecule has 0 aliphatic rings. The molecule has 0 bridgehead atoms. The predicted molar refractivity (Wildman–Crippen MR) is 120 cm³/mol. The summed E-state index contributed by atoms with van der Waals surface area (Å²) < 4.78 is 33.6. The SMILES string of the molecule is CCCCCc1ccc(S(=O)(=O)NCCc2nc3cc4ccccc4cc3o2)cc1.